The van der Waals surface area contributed by atoms with Gasteiger partial charge >= 0.3 is 0 Å². The molecule has 25 heavy (non-hydrogen) atoms. The molecule has 0 aliphatic heterocycles. The largest absolute Gasteiger partial charge is 0.340 e. The van der Waals surface area contributed by atoms with Crippen molar-refractivity contribution in [2.75, 3.05) is 5.32 Å². The van der Waals surface area contributed by atoms with Gasteiger partial charge in [-0.2, -0.15) is 0 Å². The van der Waals surface area contributed by atoms with Gasteiger partial charge in [0.25, 0.3) is 0 Å². The SMILES string of the molecule is Clc1ccnc(-c2ccc(Nc3ncnc4cnccc34)cc2Cl)c1. The van der Waals surface area contributed by atoms with E-state index >= 15 is 0 Å². The molecule has 0 aliphatic rings. The van der Waals surface area contributed by atoms with Gasteiger partial charge in [-0.3, -0.25) is 9.97 Å². The molecule has 0 aliphatic carbocycles. The van der Waals surface area contributed by atoms with E-state index in [1.54, 1.807) is 30.7 Å². The predicted molar refractivity (Wildman–Crippen MR) is 100 cm³/mol. The zero-order valence-electron chi connectivity index (χ0n) is 12.8. The molecule has 4 aromatic rings. The molecule has 0 saturated carbocycles. The quantitative estimate of drug-likeness (QED) is 0.543. The average molecular weight is 368 g/mol. The van der Waals surface area contributed by atoms with Crippen molar-refractivity contribution < 1.29 is 0 Å². The third kappa shape index (κ3) is 3.24. The molecule has 0 radical (unpaired) electrons. The van der Waals surface area contributed by atoms with Crippen LogP contribution in [0.5, 0.6) is 0 Å². The third-order valence-electron chi connectivity index (χ3n) is 3.67. The Bertz CT molecular complexity index is 1060. The molecule has 3 aromatic heterocycles. The van der Waals surface area contributed by atoms with Gasteiger partial charge in [-0.1, -0.05) is 23.2 Å². The first-order chi connectivity index (χ1) is 12.2. The van der Waals surface area contributed by atoms with Crippen molar-refractivity contribution >= 4 is 45.6 Å². The predicted octanol–water partition coefficient (Wildman–Crippen LogP) is 5.14. The number of anilines is 2. The normalized spacial score (nSPS) is 10.8. The summed E-state index contributed by atoms with van der Waals surface area (Å²) < 4.78 is 0. The minimum absolute atomic E-state index is 0.569. The number of halogens is 2. The minimum Gasteiger partial charge on any atom is -0.340 e. The second kappa shape index (κ2) is 6.63. The Labute approximate surface area is 153 Å². The summed E-state index contributed by atoms with van der Waals surface area (Å²) in [6.45, 7) is 0. The van der Waals surface area contributed by atoms with Crippen LogP contribution in [0.15, 0.2) is 61.3 Å². The smallest absolute Gasteiger partial charge is 0.141 e. The minimum atomic E-state index is 0.569. The van der Waals surface area contributed by atoms with Gasteiger partial charge < -0.3 is 5.32 Å². The van der Waals surface area contributed by atoms with E-state index < -0.39 is 0 Å². The van der Waals surface area contributed by atoms with Crippen LogP contribution in [0.1, 0.15) is 0 Å². The lowest BCUT2D eigenvalue weighted by Crippen LogP contribution is -1.96. The topological polar surface area (TPSA) is 63.6 Å². The average Bonchev–Trinajstić information content (AvgIpc) is 2.62. The molecule has 122 valence electrons. The molecule has 4 rings (SSSR count). The van der Waals surface area contributed by atoms with Crippen LogP contribution in [0, 0.1) is 0 Å². The van der Waals surface area contributed by atoms with Crippen LogP contribution in [0.3, 0.4) is 0 Å². The van der Waals surface area contributed by atoms with Gasteiger partial charge in [-0.15, -0.1) is 0 Å². The summed E-state index contributed by atoms with van der Waals surface area (Å²) in [5.41, 5.74) is 3.12. The number of fused-ring (bicyclic) bond motifs is 1. The zero-order valence-corrected chi connectivity index (χ0v) is 14.3. The van der Waals surface area contributed by atoms with Crippen LogP contribution in [-0.4, -0.2) is 19.9 Å². The summed E-state index contributed by atoms with van der Waals surface area (Å²) in [7, 11) is 0. The van der Waals surface area contributed by atoms with Gasteiger partial charge in [0.15, 0.2) is 0 Å². The molecular formula is C18H11Cl2N5. The first-order valence-corrected chi connectivity index (χ1v) is 8.19. The summed E-state index contributed by atoms with van der Waals surface area (Å²) in [4.78, 5) is 16.9. The number of hydrogen-bond acceptors (Lipinski definition) is 5. The maximum absolute atomic E-state index is 6.43. The van der Waals surface area contributed by atoms with Crippen LogP contribution >= 0.6 is 23.2 Å². The van der Waals surface area contributed by atoms with Gasteiger partial charge in [0.05, 0.1) is 22.4 Å². The highest BCUT2D eigenvalue weighted by molar-refractivity contribution is 6.34. The first kappa shape index (κ1) is 15.7. The van der Waals surface area contributed by atoms with Gasteiger partial charge in [-0.25, -0.2) is 9.97 Å². The Hall–Kier alpha value is -2.76. The number of nitrogens with zero attached hydrogens (tertiary/aromatic N) is 4. The number of aromatic nitrogens is 4. The Morgan fingerprint density at radius 1 is 0.880 bits per heavy atom. The van der Waals surface area contributed by atoms with E-state index in [2.05, 4.69) is 25.3 Å². The molecule has 0 bridgehead atoms. The van der Waals surface area contributed by atoms with Crippen LogP contribution < -0.4 is 5.32 Å². The monoisotopic (exact) mass is 367 g/mol. The lowest BCUT2D eigenvalue weighted by molar-refractivity contribution is 1.20. The highest BCUT2D eigenvalue weighted by Gasteiger charge is 2.09. The van der Waals surface area contributed by atoms with Crippen molar-refractivity contribution in [3.63, 3.8) is 0 Å². The van der Waals surface area contributed by atoms with E-state index in [4.69, 9.17) is 23.2 Å². The standard InChI is InChI=1S/C18H11Cl2N5/c19-11-3-6-22-16(7-11)13-2-1-12(8-15(13)20)25-18-14-4-5-21-9-17(14)23-10-24-18/h1-10H,(H,23,24,25). The summed E-state index contributed by atoms with van der Waals surface area (Å²) >= 11 is 12.5. The van der Waals surface area contributed by atoms with Crippen molar-refractivity contribution in [3.8, 4) is 11.3 Å². The Kier molecular flexibility index (Phi) is 4.17. The lowest BCUT2D eigenvalue weighted by Gasteiger charge is -2.10. The van der Waals surface area contributed by atoms with E-state index in [1.807, 2.05) is 24.3 Å². The fraction of sp³-hybridized carbons (Fsp3) is 0. The van der Waals surface area contributed by atoms with E-state index in [0.29, 0.717) is 15.9 Å². The Balaban J connectivity index is 1.69. The Morgan fingerprint density at radius 2 is 1.80 bits per heavy atom. The number of hydrogen-bond donors (Lipinski definition) is 1. The third-order valence-corrected chi connectivity index (χ3v) is 4.22. The fourth-order valence-electron chi connectivity index (χ4n) is 2.50. The molecule has 1 aromatic carbocycles. The second-order valence-corrected chi connectivity index (χ2v) is 6.14. The van der Waals surface area contributed by atoms with E-state index in [9.17, 15) is 0 Å². The molecule has 0 amide bonds. The molecule has 3 heterocycles. The van der Waals surface area contributed by atoms with Gasteiger partial charge in [-0.05, 0) is 36.4 Å². The molecule has 5 nitrogen and oxygen atoms in total. The van der Waals surface area contributed by atoms with Crippen molar-refractivity contribution in [2.24, 2.45) is 0 Å². The first-order valence-electron chi connectivity index (χ1n) is 7.44. The highest BCUT2D eigenvalue weighted by atomic mass is 35.5. The number of pyridine rings is 2. The van der Waals surface area contributed by atoms with Gasteiger partial charge in [0.2, 0.25) is 0 Å². The van der Waals surface area contributed by atoms with E-state index in [-0.39, 0.29) is 0 Å². The number of rotatable bonds is 3. The lowest BCUT2D eigenvalue weighted by atomic mass is 10.1. The van der Waals surface area contributed by atoms with E-state index in [1.165, 1.54) is 6.33 Å². The molecular weight excluding hydrogens is 357 g/mol. The molecule has 0 unspecified atom stereocenters. The summed E-state index contributed by atoms with van der Waals surface area (Å²) in [5, 5.41) is 5.34. The molecule has 1 N–H and O–H groups in total. The Morgan fingerprint density at radius 3 is 2.64 bits per heavy atom. The summed E-state index contributed by atoms with van der Waals surface area (Å²) in [5.74, 6) is 0.692. The highest BCUT2D eigenvalue weighted by Crippen LogP contribution is 2.31. The van der Waals surface area contributed by atoms with Crippen molar-refractivity contribution in [1.29, 1.82) is 0 Å². The van der Waals surface area contributed by atoms with Crippen molar-refractivity contribution in [1.82, 2.24) is 19.9 Å². The maximum Gasteiger partial charge on any atom is 0.141 e. The second-order valence-electron chi connectivity index (χ2n) is 5.29. The van der Waals surface area contributed by atoms with Crippen molar-refractivity contribution in [2.45, 2.75) is 0 Å². The molecule has 0 fully saturated rings. The van der Waals surface area contributed by atoms with Crippen LogP contribution in [0.4, 0.5) is 11.5 Å². The number of benzene rings is 1. The number of nitrogens with one attached hydrogen (secondary N) is 1. The zero-order chi connectivity index (χ0) is 17.2. The summed E-state index contributed by atoms with van der Waals surface area (Å²) in [6.07, 6.45) is 6.56. The van der Waals surface area contributed by atoms with E-state index in [0.717, 1.165) is 27.8 Å². The maximum atomic E-state index is 6.43. The molecule has 7 heteroatoms. The fourth-order valence-corrected chi connectivity index (χ4v) is 2.93. The van der Waals surface area contributed by atoms with Crippen LogP contribution in [-0.2, 0) is 0 Å². The molecule has 0 saturated heterocycles. The van der Waals surface area contributed by atoms with Crippen LogP contribution in [0.25, 0.3) is 22.2 Å². The van der Waals surface area contributed by atoms with Gasteiger partial charge in [0.1, 0.15) is 12.1 Å². The van der Waals surface area contributed by atoms with Crippen molar-refractivity contribution in [3.05, 3.63) is 71.4 Å². The van der Waals surface area contributed by atoms with Crippen LogP contribution in [0.2, 0.25) is 10.0 Å². The van der Waals surface area contributed by atoms with Gasteiger partial charge in [0, 0.05) is 34.1 Å². The summed E-state index contributed by atoms with van der Waals surface area (Å²) in [6, 6.07) is 11.0. The molecule has 0 spiro atoms. The molecule has 0 atom stereocenters.